The van der Waals surface area contributed by atoms with Crippen molar-refractivity contribution < 1.29 is 27.9 Å². The van der Waals surface area contributed by atoms with Gasteiger partial charge in [0.2, 0.25) is 0 Å². The smallest absolute Gasteiger partial charge is 0.270 e. The summed E-state index contributed by atoms with van der Waals surface area (Å²) in [6.07, 6.45) is 3.34. The molecule has 1 aliphatic rings. The van der Waals surface area contributed by atoms with E-state index in [-0.39, 0.29) is 23.2 Å². The maximum atomic E-state index is 14.6. The van der Waals surface area contributed by atoms with Crippen molar-refractivity contribution in [2.75, 3.05) is 33.5 Å². The van der Waals surface area contributed by atoms with Crippen molar-refractivity contribution in [1.82, 2.24) is 15.6 Å². The Kier molecular flexibility index (Phi) is 7.31. The molecule has 4 rings (SSSR count). The van der Waals surface area contributed by atoms with Crippen LogP contribution >= 0.6 is 0 Å². The normalized spacial score (nSPS) is 14.4. The first-order chi connectivity index (χ1) is 16.0. The number of nitrogens with zero attached hydrogens (tertiary/aromatic N) is 1. The lowest BCUT2D eigenvalue weighted by molar-refractivity contribution is 0.0694. The molecule has 1 aliphatic heterocycles. The van der Waals surface area contributed by atoms with Gasteiger partial charge in [-0.3, -0.25) is 9.59 Å². The second-order valence-corrected chi connectivity index (χ2v) is 7.90. The van der Waals surface area contributed by atoms with Crippen LogP contribution in [0.5, 0.6) is 0 Å². The highest BCUT2D eigenvalue weighted by molar-refractivity contribution is 5.95. The van der Waals surface area contributed by atoms with Gasteiger partial charge in [-0.1, -0.05) is 6.07 Å². The van der Waals surface area contributed by atoms with Gasteiger partial charge in [0.05, 0.1) is 18.4 Å². The monoisotopic (exact) mass is 455 g/mol. The zero-order valence-electron chi connectivity index (χ0n) is 18.4. The molecule has 1 aromatic carbocycles. The van der Waals surface area contributed by atoms with Crippen LogP contribution in [0.4, 0.5) is 4.39 Å². The Morgan fingerprint density at radius 3 is 2.76 bits per heavy atom. The molecular formula is C24H26FN3O5. The van der Waals surface area contributed by atoms with Crippen LogP contribution in [0.2, 0.25) is 0 Å². The Bertz CT molecular complexity index is 1140. The second-order valence-electron chi connectivity index (χ2n) is 7.90. The summed E-state index contributed by atoms with van der Waals surface area (Å²) in [6, 6.07) is 7.87. The van der Waals surface area contributed by atoms with Gasteiger partial charge in [0.15, 0.2) is 5.58 Å². The Hall–Kier alpha value is -3.30. The van der Waals surface area contributed by atoms with E-state index in [4.69, 9.17) is 13.9 Å². The Labute approximate surface area is 190 Å². The summed E-state index contributed by atoms with van der Waals surface area (Å²) < 4.78 is 30.4. The topological polar surface area (TPSA) is 103 Å². The van der Waals surface area contributed by atoms with Crippen molar-refractivity contribution in [1.29, 1.82) is 0 Å². The number of carbonyl (C=O) groups excluding carboxylic acids is 2. The predicted molar refractivity (Wildman–Crippen MR) is 119 cm³/mol. The van der Waals surface area contributed by atoms with E-state index in [2.05, 4.69) is 15.6 Å². The molecule has 2 amide bonds. The van der Waals surface area contributed by atoms with E-state index >= 15 is 0 Å². The molecule has 8 nitrogen and oxygen atoms in total. The largest absolute Gasteiger partial charge is 0.462 e. The van der Waals surface area contributed by atoms with Crippen LogP contribution in [0, 0.1) is 5.82 Å². The lowest BCUT2D eigenvalue weighted by Gasteiger charge is -2.23. The van der Waals surface area contributed by atoms with Crippen LogP contribution < -0.4 is 10.6 Å². The van der Waals surface area contributed by atoms with E-state index in [0.29, 0.717) is 55.0 Å². The van der Waals surface area contributed by atoms with Crippen LogP contribution in [-0.4, -0.2) is 56.3 Å². The van der Waals surface area contributed by atoms with E-state index in [1.807, 2.05) is 0 Å². The van der Waals surface area contributed by atoms with Crippen LogP contribution in [0.15, 0.2) is 41.0 Å². The van der Waals surface area contributed by atoms with Gasteiger partial charge in [-0.2, -0.15) is 0 Å². The summed E-state index contributed by atoms with van der Waals surface area (Å²) in [5.74, 6) is -1.38. The summed E-state index contributed by atoms with van der Waals surface area (Å²) in [4.78, 5) is 29.4. The molecule has 0 radical (unpaired) electrons. The number of nitrogens with one attached hydrogen (secondary N) is 2. The summed E-state index contributed by atoms with van der Waals surface area (Å²) in [5, 5.41) is 5.61. The molecule has 0 spiro atoms. The molecule has 3 aromatic rings. The number of furan rings is 1. The number of rotatable bonds is 8. The van der Waals surface area contributed by atoms with E-state index < -0.39 is 11.7 Å². The highest BCUT2D eigenvalue weighted by Gasteiger charge is 2.20. The van der Waals surface area contributed by atoms with Crippen LogP contribution in [0.25, 0.3) is 11.1 Å². The van der Waals surface area contributed by atoms with Gasteiger partial charge >= 0.3 is 0 Å². The number of pyridine rings is 1. The molecular weight excluding hydrogens is 429 g/mol. The minimum absolute atomic E-state index is 0.0377. The standard InChI is InChI=1S/C24H26FN3O5/c1-31-11-7-26-23(29)18-3-2-15(13-19(18)25)12-16-14-21(28-20-6-10-33-22(16)20)24(30)27-17-4-8-32-9-5-17/h2-3,6,10,13-14,17H,4-5,7-9,11-12H2,1H3,(H,26,29)(H,27,30). The van der Waals surface area contributed by atoms with Gasteiger partial charge in [0.1, 0.15) is 17.0 Å². The van der Waals surface area contributed by atoms with E-state index in [9.17, 15) is 14.0 Å². The van der Waals surface area contributed by atoms with E-state index in [0.717, 1.165) is 12.8 Å². The number of hydrogen-bond acceptors (Lipinski definition) is 6. The predicted octanol–water partition coefficient (Wildman–Crippen LogP) is 2.84. The third-order valence-electron chi connectivity index (χ3n) is 5.54. The molecule has 1 fully saturated rings. The molecule has 2 N–H and O–H groups in total. The summed E-state index contributed by atoms with van der Waals surface area (Å²) in [6.45, 7) is 1.88. The zero-order chi connectivity index (χ0) is 23.2. The zero-order valence-corrected chi connectivity index (χ0v) is 18.4. The number of aromatic nitrogens is 1. The summed E-state index contributed by atoms with van der Waals surface area (Å²) in [5.41, 5.74) is 2.68. The minimum atomic E-state index is -0.621. The van der Waals surface area contributed by atoms with E-state index in [1.54, 1.807) is 18.2 Å². The number of halogens is 1. The van der Waals surface area contributed by atoms with Crippen molar-refractivity contribution in [3.63, 3.8) is 0 Å². The molecule has 0 unspecified atom stereocenters. The molecule has 0 saturated carbocycles. The first-order valence-corrected chi connectivity index (χ1v) is 10.9. The van der Waals surface area contributed by atoms with E-state index in [1.165, 1.54) is 25.5 Å². The number of ether oxygens (including phenoxy) is 2. The molecule has 0 aliphatic carbocycles. The average Bonchev–Trinajstić information content (AvgIpc) is 3.29. The number of fused-ring (bicyclic) bond motifs is 1. The summed E-state index contributed by atoms with van der Waals surface area (Å²) >= 11 is 0. The summed E-state index contributed by atoms with van der Waals surface area (Å²) in [7, 11) is 1.52. The third-order valence-corrected chi connectivity index (χ3v) is 5.54. The molecule has 9 heteroatoms. The van der Waals surface area contributed by atoms with Gasteiger partial charge in [-0.05, 0) is 36.6 Å². The maximum Gasteiger partial charge on any atom is 0.270 e. The average molecular weight is 455 g/mol. The Morgan fingerprint density at radius 2 is 2.00 bits per heavy atom. The maximum absolute atomic E-state index is 14.6. The molecule has 2 aromatic heterocycles. The minimum Gasteiger partial charge on any atom is -0.462 e. The van der Waals surface area contributed by atoms with Crippen LogP contribution in [-0.2, 0) is 15.9 Å². The molecule has 1 saturated heterocycles. The van der Waals surface area contributed by atoms with Gasteiger partial charge < -0.3 is 24.5 Å². The van der Waals surface area contributed by atoms with Gasteiger partial charge in [0.25, 0.3) is 11.8 Å². The van der Waals surface area contributed by atoms with Crippen molar-refractivity contribution >= 4 is 22.9 Å². The number of amides is 2. The third kappa shape index (κ3) is 5.55. The fourth-order valence-corrected chi connectivity index (χ4v) is 3.81. The molecule has 174 valence electrons. The Morgan fingerprint density at radius 1 is 1.18 bits per heavy atom. The SMILES string of the molecule is COCCNC(=O)c1ccc(Cc2cc(C(=O)NC3CCOCC3)nc3ccoc23)cc1F. The Balaban J connectivity index is 1.53. The first kappa shape index (κ1) is 22.9. The number of benzene rings is 1. The van der Waals surface area contributed by atoms with Gasteiger partial charge in [-0.15, -0.1) is 0 Å². The quantitative estimate of drug-likeness (QED) is 0.507. The molecule has 33 heavy (non-hydrogen) atoms. The highest BCUT2D eigenvalue weighted by atomic mass is 19.1. The lowest BCUT2D eigenvalue weighted by Crippen LogP contribution is -2.39. The lowest BCUT2D eigenvalue weighted by atomic mass is 10.0. The highest BCUT2D eigenvalue weighted by Crippen LogP contribution is 2.24. The fourth-order valence-electron chi connectivity index (χ4n) is 3.81. The van der Waals surface area contributed by atoms with Crippen molar-refractivity contribution in [2.45, 2.75) is 25.3 Å². The van der Waals surface area contributed by atoms with Crippen LogP contribution in [0.1, 0.15) is 44.8 Å². The van der Waals surface area contributed by atoms with Crippen LogP contribution in [0.3, 0.4) is 0 Å². The van der Waals surface area contributed by atoms with Crippen molar-refractivity contribution in [3.8, 4) is 0 Å². The first-order valence-electron chi connectivity index (χ1n) is 10.9. The van der Waals surface area contributed by atoms with Gasteiger partial charge in [-0.25, -0.2) is 9.37 Å². The molecule has 0 atom stereocenters. The van der Waals surface area contributed by atoms with Gasteiger partial charge in [0, 0.05) is 51.0 Å². The second kappa shape index (κ2) is 10.5. The molecule has 3 heterocycles. The fraction of sp³-hybridized carbons (Fsp3) is 0.375. The number of carbonyl (C=O) groups is 2. The number of hydrogen-bond donors (Lipinski definition) is 2. The molecule has 0 bridgehead atoms. The number of methoxy groups -OCH3 is 1. The van der Waals surface area contributed by atoms with Crippen molar-refractivity contribution in [3.05, 3.63) is 64.8 Å². The van der Waals surface area contributed by atoms with Crippen molar-refractivity contribution in [2.24, 2.45) is 0 Å².